The Kier molecular flexibility index (Phi) is 1.74. The summed E-state index contributed by atoms with van der Waals surface area (Å²) < 4.78 is 0. The van der Waals surface area contributed by atoms with Gasteiger partial charge in [0.15, 0.2) is 0 Å². The van der Waals surface area contributed by atoms with Gasteiger partial charge in [-0.2, -0.15) is 4.98 Å². The van der Waals surface area contributed by atoms with Crippen LogP contribution in [0.25, 0.3) is 0 Å². The minimum absolute atomic E-state index is 0.337. The van der Waals surface area contributed by atoms with Crippen molar-refractivity contribution in [1.29, 1.82) is 0 Å². The first-order chi connectivity index (χ1) is 7.34. The Bertz CT molecular complexity index is 462. The molecule has 4 heteroatoms. The zero-order chi connectivity index (χ0) is 10.3. The van der Waals surface area contributed by atoms with Crippen molar-refractivity contribution in [2.75, 3.05) is 5.73 Å². The highest BCUT2D eigenvalue weighted by molar-refractivity contribution is 5.32. The van der Waals surface area contributed by atoms with Gasteiger partial charge in [0.2, 0.25) is 5.95 Å². The maximum absolute atomic E-state index is 5.47. The number of benzene rings is 1. The number of aromatic nitrogens is 3. The minimum Gasteiger partial charge on any atom is -0.367 e. The van der Waals surface area contributed by atoms with Gasteiger partial charge in [-0.05, 0) is 17.9 Å². The van der Waals surface area contributed by atoms with E-state index in [0.29, 0.717) is 17.8 Å². The van der Waals surface area contributed by atoms with E-state index in [-0.39, 0.29) is 0 Å². The first-order valence-electron chi connectivity index (χ1n) is 5.07. The van der Waals surface area contributed by atoms with Gasteiger partial charge in [-0.25, -0.2) is 0 Å². The Morgan fingerprint density at radius 3 is 2.67 bits per heavy atom. The van der Waals surface area contributed by atoms with Crippen molar-refractivity contribution in [3.05, 3.63) is 41.7 Å². The topological polar surface area (TPSA) is 67.6 Å². The van der Waals surface area contributed by atoms with Crippen LogP contribution in [0.1, 0.15) is 29.6 Å². The Morgan fingerprint density at radius 2 is 2.00 bits per heavy atom. The standard InChI is InChI=1S/C11H12N4/c12-11-13-10(14-15-11)9-6-8(9)7-4-2-1-3-5-7/h1-5,8-9H,6H2,(H3,12,13,14,15). The second-order valence-corrected chi connectivity index (χ2v) is 3.94. The lowest BCUT2D eigenvalue weighted by Gasteiger charge is -1.96. The Hall–Kier alpha value is -1.84. The molecule has 2 atom stereocenters. The molecule has 0 saturated heterocycles. The third-order valence-electron chi connectivity index (χ3n) is 2.89. The molecule has 3 N–H and O–H groups in total. The monoisotopic (exact) mass is 200 g/mol. The third-order valence-corrected chi connectivity index (χ3v) is 2.89. The van der Waals surface area contributed by atoms with Crippen LogP contribution in [-0.4, -0.2) is 15.2 Å². The molecule has 76 valence electrons. The molecule has 15 heavy (non-hydrogen) atoms. The summed E-state index contributed by atoms with van der Waals surface area (Å²) >= 11 is 0. The van der Waals surface area contributed by atoms with Gasteiger partial charge in [-0.15, -0.1) is 5.10 Å². The van der Waals surface area contributed by atoms with Crippen molar-refractivity contribution in [1.82, 2.24) is 15.2 Å². The van der Waals surface area contributed by atoms with E-state index in [4.69, 9.17) is 5.73 Å². The molecule has 1 fully saturated rings. The summed E-state index contributed by atoms with van der Waals surface area (Å²) in [5.74, 6) is 2.31. The van der Waals surface area contributed by atoms with Crippen molar-refractivity contribution >= 4 is 5.95 Å². The lowest BCUT2D eigenvalue weighted by molar-refractivity contribution is 0.902. The van der Waals surface area contributed by atoms with Crippen LogP contribution in [0.2, 0.25) is 0 Å². The highest BCUT2D eigenvalue weighted by Gasteiger charge is 2.41. The largest absolute Gasteiger partial charge is 0.367 e. The summed E-state index contributed by atoms with van der Waals surface area (Å²) in [5.41, 5.74) is 6.85. The van der Waals surface area contributed by atoms with E-state index in [1.165, 1.54) is 5.56 Å². The molecular weight excluding hydrogens is 188 g/mol. The predicted molar refractivity (Wildman–Crippen MR) is 57.3 cm³/mol. The second-order valence-electron chi connectivity index (χ2n) is 3.94. The van der Waals surface area contributed by atoms with Crippen molar-refractivity contribution in [3.8, 4) is 0 Å². The van der Waals surface area contributed by atoms with E-state index in [1.54, 1.807) is 0 Å². The predicted octanol–water partition coefficient (Wildman–Crippen LogP) is 1.66. The van der Waals surface area contributed by atoms with E-state index in [0.717, 1.165) is 12.2 Å². The van der Waals surface area contributed by atoms with Crippen LogP contribution in [0.4, 0.5) is 5.95 Å². The van der Waals surface area contributed by atoms with E-state index < -0.39 is 0 Å². The molecule has 1 aliphatic carbocycles. The van der Waals surface area contributed by atoms with Gasteiger partial charge in [-0.1, -0.05) is 30.3 Å². The molecule has 0 radical (unpaired) electrons. The first-order valence-corrected chi connectivity index (χ1v) is 5.07. The average Bonchev–Trinajstić information content (AvgIpc) is 2.96. The fraction of sp³-hybridized carbons (Fsp3) is 0.273. The molecule has 1 heterocycles. The van der Waals surface area contributed by atoms with Crippen LogP contribution in [-0.2, 0) is 0 Å². The summed E-state index contributed by atoms with van der Waals surface area (Å²) in [7, 11) is 0. The molecule has 1 aromatic heterocycles. The molecule has 0 bridgehead atoms. The number of nitrogens with two attached hydrogens (primary N) is 1. The Morgan fingerprint density at radius 1 is 1.20 bits per heavy atom. The number of nitrogens with zero attached hydrogens (tertiary/aromatic N) is 2. The van der Waals surface area contributed by atoms with Gasteiger partial charge in [0.1, 0.15) is 5.82 Å². The molecule has 0 aliphatic heterocycles. The molecule has 4 nitrogen and oxygen atoms in total. The first kappa shape index (κ1) is 8.47. The van der Waals surface area contributed by atoms with Crippen LogP contribution < -0.4 is 5.73 Å². The highest BCUT2D eigenvalue weighted by Crippen LogP contribution is 2.53. The number of nitrogen functional groups attached to an aromatic ring is 1. The fourth-order valence-electron chi connectivity index (χ4n) is 2.02. The van der Waals surface area contributed by atoms with E-state index >= 15 is 0 Å². The molecule has 0 spiro atoms. The Balaban J connectivity index is 1.80. The number of aromatic amines is 1. The second kappa shape index (κ2) is 3.08. The van der Waals surface area contributed by atoms with Crippen molar-refractivity contribution in [2.24, 2.45) is 0 Å². The third kappa shape index (κ3) is 1.48. The highest BCUT2D eigenvalue weighted by atomic mass is 15.3. The number of hydrogen-bond acceptors (Lipinski definition) is 3. The maximum Gasteiger partial charge on any atom is 0.239 e. The maximum atomic E-state index is 5.47. The molecule has 1 saturated carbocycles. The number of nitrogens with one attached hydrogen (secondary N) is 1. The molecule has 2 aromatic rings. The fourth-order valence-corrected chi connectivity index (χ4v) is 2.02. The summed E-state index contributed by atoms with van der Waals surface area (Å²) in [4.78, 5) is 4.16. The van der Waals surface area contributed by atoms with Crippen LogP contribution in [0.15, 0.2) is 30.3 Å². The van der Waals surface area contributed by atoms with Gasteiger partial charge in [0.05, 0.1) is 0 Å². The smallest absolute Gasteiger partial charge is 0.239 e. The van der Waals surface area contributed by atoms with Crippen LogP contribution in [0.5, 0.6) is 0 Å². The summed E-state index contributed by atoms with van der Waals surface area (Å²) in [5, 5.41) is 6.73. The lowest BCUT2D eigenvalue weighted by Crippen LogP contribution is -1.88. The van der Waals surface area contributed by atoms with Gasteiger partial charge in [-0.3, -0.25) is 5.10 Å². The number of H-pyrrole nitrogens is 1. The van der Waals surface area contributed by atoms with Crippen LogP contribution in [0.3, 0.4) is 0 Å². The zero-order valence-corrected chi connectivity index (χ0v) is 8.22. The van der Waals surface area contributed by atoms with E-state index in [1.807, 2.05) is 6.07 Å². The van der Waals surface area contributed by atoms with Gasteiger partial charge >= 0.3 is 0 Å². The minimum atomic E-state index is 0.337. The van der Waals surface area contributed by atoms with Gasteiger partial charge in [0.25, 0.3) is 0 Å². The number of rotatable bonds is 2. The van der Waals surface area contributed by atoms with Crippen LogP contribution in [0, 0.1) is 0 Å². The summed E-state index contributed by atoms with van der Waals surface area (Å²) in [6.45, 7) is 0. The molecule has 0 amide bonds. The molecule has 2 unspecified atom stereocenters. The van der Waals surface area contributed by atoms with Crippen molar-refractivity contribution in [2.45, 2.75) is 18.3 Å². The quantitative estimate of drug-likeness (QED) is 0.774. The van der Waals surface area contributed by atoms with Gasteiger partial charge in [0, 0.05) is 5.92 Å². The van der Waals surface area contributed by atoms with Crippen LogP contribution >= 0.6 is 0 Å². The Labute approximate surface area is 87.5 Å². The molecule has 3 rings (SSSR count). The average molecular weight is 200 g/mol. The number of hydrogen-bond donors (Lipinski definition) is 2. The molecule has 1 aromatic carbocycles. The van der Waals surface area contributed by atoms with Crippen molar-refractivity contribution in [3.63, 3.8) is 0 Å². The summed E-state index contributed by atoms with van der Waals surface area (Å²) in [6, 6.07) is 10.5. The van der Waals surface area contributed by atoms with Crippen molar-refractivity contribution < 1.29 is 0 Å². The lowest BCUT2D eigenvalue weighted by atomic mass is 10.1. The van der Waals surface area contributed by atoms with E-state index in [9.17, 15) is 0 Å². The molecular formula is C11H12N4. The zero-order valence-electron chi connectivity index (χ0n) is 8.22. The van der Waals surface area contributed by atoms with E-state index in [2.05, 4.69) is 39.4 Å². The summed E-state index contributed by atoms with van der Waals surface area (Å²) in [6.07, 6.45) is 1.14. The normalized spacial score (nSPS) is 24.0. The van der Waals surface area contributed by atoms with Gasteiger partial charge < -0.3 is 5.73 Å². The SMILES string of the molecule is Nc1n[nH]c(C2CC2c2ccccc2)n1. The molecule has 1 aliphatic rings. The number of anilines is 1.